The summed E-state index contributed by atoms with van der Waals surface area (Å²) in [5, 5.41) is 3.16. The molecule has 1 aromatic carbocycles. The predicted octanol–water partition coefficient (Wildman–Crippen LogP) is 4.87. The molecule has 5 amide bonds. The van der Waals surface area contributed by atoms with Crippen molar-refractivity contribution in [3.63, 3.8) is 0 Å². The van der Waals surface area contributed by atoms with E-state index in [0.717, 1.165) is 42.6 Å². The molecule has 1 saturated heterocycles. The molecule has 0 atom stereocenters. The summed E-state index contributed by atoms with van der Waals surface area (Å²) in [7, 11) is 1.64. The van der Waals surface area contributed by atoms with Crippen LogP contribution in [0.5, 0.6) is 5.75 Å². The van der Waals surface area contributed by atoms with E-state index < -0.39 is 29.5 Å². The molecule has 13 nitrogen and oxygen atoms in total. The maximum atomic E-state index is 13.2. The summed E-state index contributed by atoms with van der Waals surface area (Å²) in [5.41, 5.74) is 1.48. The van der Waals surface area contributed by atoms with Crippen molar-refractivity contribution in [1.29, 1.82) is 0 Å². The monoisotopic (exact) mass is 688 g/mol. The van der Waals surface area contributed by atoms with Gasteiger partial charge in [-0.1, -0.05) is 25.5 Å². The van der Waals surface area contributed by atoms with Gasteiger partial charge in [-0.15, -0.1) is 5.06 Å². The number of hydroxylamine groups is 2. The summed E-state index contributed by atoms with van der Waals surface area (Å²) in [6, 6.07) is 6.02. The molecule has 274 valence electrons. The Morgan fingerprint density at radius 2 is 1.43 bits per heavy atom. The highest BCUT2D eigenvalue weighted by Crippen LogP contribution is 2.20. The van der Waals surface area contributed by atoms with Crippen LogP contribution in [0, 0.1) is 6.92 Å². The van der Waals surface area contributed by atoms with E-state index in [1.54, 1.807) is 32.8 Å². The smallest absolute Gasteiger partial charge is 0.407 e. The lowest BCUT2D eigenvalue weighted by atomic mass is 10.1. The number of unbranched alkanes of at least 4 members (excludes halogenated alkanes) is 3. The molecule has 1 fully saturated rings. The fraction of sp³-hybridized carbons (Fsp3) is 0.667. The van der Waals surface area contributed by atoms with Gasteiger partial charge in [0, 0.05) is 58.4 Å². The lowest BCUT2D eigenvalue weighted by Gasteiger charge is -2.25. The molecule has 1 heterocycles. The van der Waals surface area contributed by atoms with Gasteiger partial charge in [0.05, 0.1) is 13.5 Å². The number of hydrogen-bond donors (Lipinski definition) is 1. The molecule has 2 rings (SSSR count). The van der Waals surface area contributed by atoms with Gasteiger partial charge in [-0.25, -0.2) is 9.59 Å². The number of carbonyl (C=O) groups is 6. The van der Waals surface area contributed by atoms with Crippen molar-refractivity contribution in [1.82, 2.24) is 20.2 Å². The number of nitrogens with one attached hydrogen (secondary N) is 1. The van der Waals surface area contributed by atoms with Gasteiger partial charge in [0.15, 0.2) is 0 Å². The maximum Gasteiger partial charge on any atom is 0.407 e. The lowest BCUT2D eigenvalue weighted by Crippen LogP contribution is -2.37. The molecular weight excluding hydrogens is 632 g/mol. The number of nitrogens with zero attached hydrogens (tertiary/aromatic N) is 3. The van der Waals surface area contributed by atoms with Gasteiger partial charge in [0.2, 0.25) is 11.8 Å². The number of rotatable bonds is 21. The standard InChI is InChI=1S/C36H56N4O9/c1-7-8-22-38(30(41)16-15-28-14-13-27(2)29(26-28)47-6)23-10-9-11-24-39(25-12-21-37-35(46)48-36(3,4)5)31(42)19-20-34(45)49-40-32(43)17-18-33(40)44/h13-14,26H,7-12,15-25H2,1-6H3,(H,37,46). The van der Waals surface area contributed by atoms with Gasteiger partial charge in [-0.2, -0.15) is 0 Å². The van der Waals surface area contributed by atoms with E-state index in [-0.39, 0.29) is 37.5 Å². The van der Waals surface area contributed by atoms with Crippen LogP contribution in [0.3, 0.4) is 0 Å². The SMILES string of the molecule is CCCCN(CCCCCN(CCCNC(=O)OC(C)(C)C)C(=O)CCC(=O)ON1C(=O)CCC1=O)C(=O)CCc1ccc(C)c(OC)c1. The average Bonchev–Trinajstić information content (AvgIpc) is 3.36. The number of aryl methyl sites for hydroxylation is 2. The minimum atomic E-state index is -0.832. The Morgan fingerprint density at radius 1 is 0.837 bits per heavy atom. The first-order chi connectivity index (χ1) is 23.2. The van der Waals surface area contributed by atoms with Crippen molar-refractivity contribution >= 4 is 35.7 Å². The van der Waals surface area contributed by atoms with E-state index in [4.69, 9.17) is 14.3 Å². The summed E-state index contributed by atoms with van der Waals surface area (Å²) < 4.78 is 10.7. The number of alkyl carbamates (subject to hydrolysis) is 1. The van der Waals surface area contributed by atoms with Crippen molar-refractivity contribution in [2.24, 2.45) is 0 Å². The van der Waals surface area contributed by atoms with Gasteiger partial charge in [-0.05, 0) is 83.4 Å². The molecule has 0 saturated carbocycles. The van der Waals surface area contributed by atoms with Crippen LogP contribution in [0.2, 0.25) is 0 Å². The fourth-order valence-electron chi connectivity index (χ4n) is 5.23. The third-order valence-corrected chi connectivity index (χ3v) is 7.96. The Kier molecular flexibility index (Phi) is 17.6. The number of methoxy groups -OCH3 is 1. The second-order valence-corrected chi connectivity index (χ2v) is 13.3. The molecule has 13 heteroatoms. The van der Waals surface area contributed by atoms with E-state index in [1.165, 1.54) is 0 Å². The molecule has 1 aliphatic heterocycles. The molecule has 0 aliphatic carbocycles. The van der Waals surface area contributed by atoms with Gasteiger partial charge in [0.1, 0.15) is 11.4 Å². The van der Waals surface area contributed by atoms with Crippen LogP contribution in [0.25, 0.3) is 0 Å². The number of carbonyl (C=O) groups excluding carboxylic acids is 6. The first-order valence-electron chi connectivity index (χ1n) is 17.5. The zero-order valence-electron chi connectivity index (χ0n) is 30.3. The quantitative estimate of drug-likeness (QED) is 0.141. The van der Waals surface area contributed by atoms with Crippen molar-refractivity contribution in [3.05, 3.63) is 29.3 Å². The minimum Gasteiger partial charge on any atom is -0.496 e. The van der Waals surface area contributed by atoms with Gasteiger partial charge in [-0.3, -0.25) is 19.2 Å². The van der Waals surface area contributed by atoms with Crippen LogP contribution in [0.4, 0.5) is 4.79 Å². The summed E-state index contributed by atoms with van der Waals surface area (Å²) in [6.07, 6.45) is 4.67. The third-order valence-electron chi connectivity index (χ3n) is 7.96. The zero-order chi connectivity index (χ0) is 36.4. The van der Waals surface area contributed by atoms with Crippen LogP contribution >= 0.6 is 0 Å². The summed E-state index contributed by atoms with van der Waals surface area (Å²) in [4.78, 5) is 82.6. The van der Waals surface area contributed by atoms with Gasteiger partial charge < -0.3 is 29.4 Å². The van der Waals surface area contributed by atoms with Crippen molar-refractivity contribution in [2.75, 3.05) is 39.8 Å². The van der Waals surface area contributed by atoms with Gasteiger partial charge in [0.25, 0.3) is 11.8 Å². The Bertz CT molecular complexity index is 1260. The molecule has 1 aromatic rings. The Hall–Kier alpha value is -4.16. The number of benzene rings is 1. The second kappa shape index (κ2) is 21.0. The third kappa shape index (κ3) is 15.7. The Labute approximate surface area is 290 Å². The minimum absolute atomic E-state index is 0.0102. The van der Waals surface area contributed by atoms with Crippen molar-refractivity contribution in [3.8, 4) is 5.75 Å². The van der Waals surface area contributed by atoms with Crippen LogP contribution < -0.4 is 10.1 Å². The molecule has 0 unspecified atom stereocenters. The average molecular weight is 689 g/mol. The molecule has 1 N–H and O–H groups in total. The Morgan fingerprint density at radius 3 is 2.02 bits per heavy atom. The molecule has 0 bridgehead atoms. The van der Waals surface area contributed by atoms with Crippen LogP contribution in [-0.4, -0.2) is 96.0 Å². The summed E-state index contributed by atoms with van der Waals surface area (Å²) in [5.74, 6) is -1.33. The molecular formula is C36H56N4O9. The topological polar surface area (TPSA) is 152 Å². The number of imide groups is 1. The van der Waals surface area contributed by atoms with Crippen LogP contribution in [-0.2, 0) is 40.0 Å². The van der Waals surface area contributed by atoms with Gasteiger partial charge >= 0.3 is 12.1 Å². The molecule has 0 spiro atoms. The predicted molar refractivity (Wildman–Crippen MR) is 183 cm³/mol. The second-order valence-electron chi connectivity index (χ2n) is 13.3. The number of ether oxygens (including phenoxy) is 2. The van der Waals surface area contributed by atoms with Crippen LogP contribution in [0.1, 0.15) is 109 Å². The van der Waals surface area contributed by atoms with E-state index in [1.807, 2.05) is 30.0 Å². The highest BCUT2D eigenvalue weighted by Gasteiger charge is 2.33. The largest absolute Gasteiger partial charge is 0.496 e. The molecule has 0 radical (unpaired) electrons. The summed E-state index contributed by atoms with van der Waals surface area (Å²) >= 11 is 0. The lowest BCUT2D eigenvalue weighted by molar-refractivity contribution is -0.197. The van der Waals surface area contributed by atoms with E-state index >= 15 is 0 Å². The molecule has 49 heavy (non-hydrogen) atoms. The maximum absolute atomic E-state index is 13.2. The first-order valence-corrected chi connectivity index (χ1v) is 17.5. The van der Waals surface area contributed by atoms with Crippen molar-refractivity contribution in [2.45, 2.75) is 117 Å². The normalized spacial score (nSPS) is 12.9. The van der Waals surface area contributed by atoms with Crippen molar-refractivity contribution < 1.29 is 43.1 Å². The van der Waals surface area contributed by atoms with Crippen LogP contribution in [0.15, 0.2) is 18.2 Å². The fourth-order valence-corrected chi connectivity index (χ4v) is 5.23. The highest BCUT2D eigenvalue weighted by molar-refractivity contribution is 6.01. The molecule has 1 aliphatic rings. The highest BCUT2D eigenvalue weighted by atomic mass is 16.7. The Balaban J connectivity index is 1.88. The number of hydrogen-bond acceptors (Lipinski definition) is 9. The summed E-state index contributed by atoms with van der Waals surface area (Å²) in [6.45, 7) is 11.8. The van der Waals surface area contributed by atoms with E-state index in [0.29, 0.717) is 63.5 Å². The number of amides is 5. The first kappa shape index (κ1) is 41.0. The molecule has 0 aromatic heterocycles. The zero-order valence-corrected chi connectivity index (χ0v) is 30.3. The van der Waals surface area contributed by atoms with E-state index in [2.05, 4.69) is 12.2 Å². The van der Waals surface area contributed by atoms with E-state index in [9.17, 15) is 28.8 Å².